The van der Waals surface area contributed by atoms with E-state index in [0.29, 0.717) is 39.5 Å². The van der Waals surface area contributed by atoms with Gasteiger partial charge in [0.05, 0.1) is 27.9 Å². The van der Waals surface area contributed by atoms with Gasteiger partial charge < -0.3 is 14.8 Å². The summed E-state index contributed by atoms with van der Waals surface area (Å²) in [5.74, 6) is 0.853. The molecule has 0 atom stereocenters. The molecule has 1 aliphatic heterocycles. The highest BCUT2D eigenvalue weighted by molar-refractivity contribution is 6.35. The monoisotopic (exact) mass is 629 g/mol. The van der Waals surface area contributed by atoms with E-state index in [0.717, 1.165) is 65.8 Å². The lowest BCUT2D eigenvalue weighted by Crippen LogP contribution is -2.35. The Kier molecular flexibility index (Phi) is 7.88. The van der Waals surface area contributed by atoms with E-state index in [9.17, 15) is 15.2 Å². The van der Waals surface area contributed by atoms with Crippen molar-refractivity contribution in [2.75, 3.05) is 18.4 Å². The van der Waals surface area contributed by atoms with Crippen LogP contribution in [0.2, 0.25) is 5.02 Å². The van der Waals surface area contributed by atoms with Gasteiger partial charge in [-0.2, -0.15) is 5.26 Å². The summed E-state index contributed by atoms with van der Waals surface area (Å²) in [5, 5.41) is 24.2. The summed E-state index contributed by atoms with van der Waals surface area (Å²) in [6, 6.07) is 16.7. The Hall–Kier alpha value is -5.21. The number of piperidine rings is 1. The van der Waals surface area contributed by atoms with Crippen molar-refractivity contribution in [2.24, 2.45) is 0 Å². The molecule has 4 aromatic heterocycles. The number of nitriles is 1. The van der Waals surface area contributed by atoms with Crippen LogP contribution < -0.4 is 5.32 Å². The second-order valence-corrected chi connectivity index (χ2v) is 11.7. The molecule has 0 saturated carbocycles. The SMILES string of the molecule is Cc1c(Nc2nccc3cc(CN4CCC(O)CC4)cnc23)cccc1-c1nccc(-c2nc3cc(C=O)cc(C#N)c3o2)c1Cl. The molecule has 10 nitrogen and oxygen atoms in total. The number of aromatic nitrogens is 4. The molecule has 0 amide bonds. The number of likely N-dealkylation sites (tertiary alicyclic amines) is 1. The number of halogens is 1. The molecule has 2 N–H and O–H groups in total. The van der Waals surface area contributed by atoms with Crippen LogP contribution in [0.1, 0.15) is 39.9 Å². The molecular formula is C35H28ClN7O3. The number of aldehydes is 1. The quantitative estimate of drug-likeness (QED) is 0.180. The molecule has 6 aromatic rings. The van der Waals surface area contributed by atoms with Crippen LogP contribution in [0.3, 0.4) is 0 Å². The lowest BCUT2D eigenvalue weighted by molar-refractivity contribution is 0.0792. The van der Waals surface area contributed by atoms with Crippen LogP contribution in [0.4, 0.5) is 11.5 Å². The van der Waals surface area contributed by atoms with Crippen molar-refractivity contribution in [1.82, 2.24) is 24.8 Å². The molecule has 5 heterocycles. The molecule has 11 heteroatoms. The van der Waals surface area contributed by atoms with Crippen LogP contribution in [-0.4, -0.2) is 55.4 Å². The van der Waals surface area contributed by atoms with Crippen LogP contribution in [0.25, 0.3) is 44.7 Å². The van der Waals surface area contributed by atoms with E-state index >= 15 is 0 Å². The number of aliphatic hydroxyl groups is 1. The zero-order chi connectivity index (χ0) is 31.8. The minimum absolute atomic E-state index is 0.200. The Morgan fingerprint density at radius 3 is 2.74 bits per heavy atom. The Morgan fingerprint density at radius 1 is 1.11 bits per heavy atom. The summed E-state index contributed by atoms with van der Waals surface area (Å²) in [5.41, 5.74) is 6.67. The van der Waals surface area contributed by atoms with Gasteiger partial charge in [0.1, 0.15) is 23.4 Å². The van der Waals surface area contributed by atoms with Crippen molar-refractivity contribution < 1.29 is 14.3 Å². The van der Waals surface area contributed by atoms with E-state index in [1.165, 1.54) is 6.07 Å². The lowest BCUT2D eigenvalue weighted by atomic mass is 10.0. The number of carbonyl (C=O) groups is 1. The van der Waals surface area contributed by atoms with Gasteiger partial charge >= 0.3 is 0 Å². The van der Waals surface area contributed by atoms with Gasteiger partial charge in [0.15, 0.2) is 11.4 Å². The molecule has 1 aliphatic rings. The first kappa shape index (κ1) is 29.5. The summed E-state index contributed by atoms with van der Waals surface area (Å²) in [6.45, 7) is 4.52. The number of fused-ring (bicyclic) bond motifs is 2. The minimum atomic E-state index is -0.200. The summed E-state index contributed by atoms with van der Waals surface area (Å²) in [6.07, 6.45) is 7.36. The van der Waals surface area contributed by atoms with E-state index in [2.05, 4.69) is 37.3 Å². The standard InChI is InChI=1S/C35H28ClN7O3/c1-20-26(32-30(36)27(6-10-38-32)35-42-29-15-21(19-44)13-24(16-37)33(29)46-35)3-2-4-28(20)41-34-31-23(5-9-39-34)14-22(17-40-31)18-43-11-7-25(45)8-12-43/h2-6,9-10,13-15,17,19,25,45H,7-8,11-12,18H2,1H3,(H,39,41). The van der Waals surface area contributed by atoms with E-state index in [1.807, 2.05) is 37.4 Å². The fourth-order valence-electron chi connectivity index (χ4n) is 5.89. The average molecular weight is 630 g/mol. The number of nitrogens with zero attached hydrogens (tertiary/aromatic N) is 6. The number of rotatable bonds is 7. The molecule has 0 bridgehead atoms. The summed E-state index contributed by atoms with van der Waals surface area (Å²) >= 11 is 6.95. The Balaban J connectivity index is 1.19. The number of aliphatic hydroxyl groups excluding tert-OH is 1. The molecule has 0 unspecified atom stereocenters. The first-order valence-corrected chi connectivity index (χ1v) is 15.3. The van der Waals surface area contributed by atoms with Gasteiger partial charge in [-0.3, -0.25) is 19.7 Å². The van der Waals surface area contributed by atoms with Crippen LogP contribution in [0.5, 0.6) is 0 Å². The van der Waals surface area contributed by atoms with Crippen LogP contribution in [-0.2, 0) is 6.54 Å². The molecule has 46 heavy (non-hydrogen) atoms. The van der Waals surface area contributed by atoms with Crippen molar-refractivity contribution in [3.63, 3.8) is 0 Å². The number of nitrogens with one attached hydrogen (secondary N) is 1. The number of hydrogen-bond donors (Lipinski definition) is 2. The maximum absolute atomic E-state index is 11.4. The highest BCUT2D eigenvalue weighted by atomic mass is 35.5. The van der Waals surface area contributed by atoms with Gasteiger partial charge in [-0.25, -0.2) is 9.97 Å². The number of benzene rings is 2. The molecule has 0 aliphatic carbocycles. The van der Waals surface area contributed by atoms with Gasteiger partial charge in [-0.15, -0.1) is 0 Å². The average Bonchev–Trinajstić information content (AvgIpc) is 3.50. The van der Waals surface area contributed by atoms with Crippen molar-refractivity contribution in [2.45, 2.75) is 32.4 Å². The summed E-state index contributed by atoms with van der Waals surface area (Å²) in [7, 11) is 0. The summed E-state index contributed by atoms with van der Waals surface area (Å²) in [4.78, 5) is 32.2. The Morgan fingerprint density at radius 2 is 1.93 bits per heavy atom. The first-order valence-electron chi connectivity index (χ1n) is 14.9. The predicted molar refractivity (Wildman–Crippen MR) is 176 cm³/mol. The molecule has 7 rings (SSSR count). The van der Waals surface area contributed by atoms with Gasteiger partial charge in [-0.05, 0) is 67.3 Å². The predicted octanol–water partition coefficient (Wildman–Crippen LogP) is 6.85. The first-order chi connectivity index (χ1) is 22.4. The number of hydrogen-bond acceptors (Lipinski definition) is 10. The number of oxazole rings is 1. The van der Waals surface area contributed by atoms with Crippen LogP contribution in [0, 0.1) is 18.3 Å². The number of carbonyl (C=O) groups excluding carboxylic acids is 1. The van der Waals surface area contributed by atoms with E-state index < -0.39 is 0 Å². The number of pyridine rings is 3. The van der Waals surface area contributed by atoms with Gasteiger partial charge in [0.2, 0.25) is 5.89 Å². The third kappa shape index (κ3) is 5.56. The van der Waals surface area contributed by atoms with Crippen molar-refractivity contribution >= 4 is 51.4 Å². The number of anilines is 2. The fraction of sp³-hybridized carbons (Fsp3) is 0.200. The molecule has 2 aromatic carbocycles. The largest absolute Gasteiger partial charge is 0.435 e. The second-order valence-electron chi connectivity index (χ2n) is 11.4. The molecule has 1 fully saturated rings. The van der Waals surface area contributed by atoms with Crippen LogP contribution in [0.15, 0.2) is 71.5 Å². The highest BCUT2D eigenvalue weighted by Crippen LogP contribution is 2.39. The van der Waals surface area contributed by atoms with Crippen LogP contribution >= 0.6 is 11.6 Å². The van der Waals surface area contributed by atoms with E-state index in [1.54, 1.807) is 24.5 Å². The van der Waals surface area contributed by atoms with Crippen molar-refractivity contribution in [1.29, 1.82) is 5.26 Å². The van der Waals surface area contributed by atoms with Gasteiger partial charge in [0, 0.05) is 60.4 Å². The third-order valence-corrected chi connectivity index (χ3v) is 8.73. The Labute approximate surface area is 269 Å². The topological polar surface area (TPSA) is 141 Å². The maximum Gasteiger partial charge on any atom is 0.229 e. The van der Waals surface area contributed by atoms with E-state index in [-0.39, 0.29) is 23.1 Å². The summed E-state index contributed by atoms with van der Waals surface area (Å²) < 4.78 is 5.97. The zero-order valence-corrected chi connectivity index (χ0v) is 25.6. The smallest absolute Gasteiger partial charge is 0.229 e. The van der Waals surface area contributed by atoms with Crippen molar-refractivity contribution in [3.05, 3.63) is 94.4 Å². The molecule has 228 valence electrons. The van der Waals surface area contributed by atoms with Crippen molar-refractivity contribution in [3.8, 4) is 28.8 Å². The molecule has 0 spiro atoms. The fourth-order valence-corrected chi connectivity index (χ4v) is 6.19. The van der Waals surface area contributed by atoms with Gasteiger partial charge in [0.25, 0.3) is 0 Å². The Bertz CT molecular complexity index is 2170. The molecule has 0 radical (unpaired) electrons. The maximum atomic E-state index is 11.4. The highest BCUT2D eigenvalue weighted by Gasteiger charge is 2.21. The molecule has 1 saturated heterocycles. The second kappa shape index (κ2) is 12.3. The lowest BCUT2D eigenvalue weighted by Gasteiger charge is -2.29. The molecular weight excluding hydrogens is 602 g/mol. The van der Waals surface area contributed by atoms with E-state index in [4.69, 9.17) is 21.0 Å². The zero-order valence-electron chi connectivity index (χ0n) is 24.9. The van der Waals surface area contributed by atoms with Gasteiger partial charge in [-0.1, -0.05) is 23.7 Å². The normalized spacial score (nSPS) is 14.0. The minimum Gasteiger partial charge on any atom is -0.435 e. The third-order valence-electron chi connectivity index (χ3n) is 8.35.